The molecule has 2 aliphatic heterocycles. The van der Waals surface area contributed by atoms with Crippen LogP contribution in [0, 0.1) is 23.5 Å². The van der Waals surface area contributed by atoms with Gasteiger partial charge in [0, 0.05) is 24.2 Å². The number of methoxy groups -OCH3 is 2. The summed E-state index contributed by atoms with van der Waals surface area (Å²) in [7, 11) is -1.41. The Morgan fingerprint density at radius 1 is 0.585 bits per heavy atom. The van der Waals surface area contributed by atoms with Gasteiger partial charge in [0.2, 0.25) is 0 Å². The SMILES string of the molecule is COc1ccccc1C(OS(=O)(=O)OC(c1ccccc1OC)C1CCN(CCc2ccc(F)cc2)CC1)C1CCN(CCc2ccc(F)cc2)CC1. The molecule has 4 aromatic carbocycles. The molecule has 0 N–H and O–H groups in total. The Bertz CT molecular complexity index is 1720. The van der Waals surface area contributed by atoms with Gasteiger partial charge in [-0.1, -0.05) is 60.7 Å². The molecule has 6 rings (SSSR count). The Hall–Kier alpha value is -3.87. The van der Waals surface area contributed by atoms with Crippen molar-refractivity contribution in [3.05, 3.63) is 131 Å². The Morgan fingerprint density at radius 2 is 0.943 bits per heavy atom. The molecule has 0 amide bonds. The van der Waals surface area contributed by atoms with Gasteiger partial charge in [0.25, 0.3) is 0 Å². The molecule has 284 valence electrons. The second kappa shape index (κ2) is 18.4. The highest BCUT2D eigenvalue weighted by molar-refractivity contribution is 7.81. The second-order valence-corrected chi connectivity index (χ2v) is 15.2. The predicted molar refractivity (Wildman–Crippen MR) is 201 cm³/mol. The highest BCUT2D eigenvalue weighted by atomic mass is 32.3. The first kappa shape index (κ1) is 38.8. The minimum absolute atomic E-state index is 0.110. The van der Waals surface area contributed by atoms with Gasteiger partial charge in [-0.15, -0.1) is 0 Å². The van der Waals surface area contributed by atoms with Crippen LogP contribution in [0.2, 0.25) is 0 Å². The van der Waals surface area contributed by atoms with E-state index in [1.54, 1.807) is 14.2 Å². The Kier molecular flexibility index (Phi) is 13.5. The summed E-state index contributed by atoms with van der Waals surface area (Å²) in [6, 6.07) is 28.0. The van der Waals surface area contributed by atoms with Crippen molar-refractivity contribution in [1.29, 1.82) is 0 Å². The minimum Gasteiger partial charge on any atom is -0.496 e. The van der Waals surface area contributed by atoms with Crippen molar-refractivity contribution in [2.45, 2.75) is 50.7 Å². The molecule has 0 radical (unpaired) electrons. The molecule has 0 aliphatic carbocycles. The van der Waals surface area contributed by atoms with Crippen LogP contribution in [0.15, 0.2) is 97.1 Å². The zero-order valence-electron chi connectivity index (χ0n) is 30.5. The van der Waals surface area contributed by atoms with Gasteiger partial charge in [0.1, 0.15) is 35.3 Å². The summed E-state index contributed by atoms with van der Waals surface area (Å²) in [5.74, 6) is 0.402. The highest BCUT2D eigenvalue weighted by Gasteiger charge is 2.38. The zero-order chi connectivity index (χ0) is 37.2. The topological polar surface area (TPSA) is 77.5 Å². The van der Waals surface area contributed by atoms with Crippen LogP contribution in [-0.2, 0) is 31.6 Å². The zero-order valence-corrected chi connectivity index (χ0v) is 31.4. The number of likely N-dealkylation sites (tertiary alicyclic amines) is 2. The van der Waals surface area contributed by atoms with Crippen molar-refractivity contribution < 1.29 is 35.0 Å². The predicted octanol–water partition coefficient (Wildman–Crippen LogP) is 7.95. The first-order valence-corrected chi connectivity index (χ1v) is 19.9. The van der Waals surface area contributed by atoms with Crippen molar-refractivity contribution >= 4 is 10.4 Å². The fraction of sp³-hybridized carbons (Fsp3) is 0.429. The van der Waals surface area contributed by atoms with Crippen molar-refractivity contribution in [1.82, 2.24) is 9.80 Å². The Balaban J connectivity index is 1.16. The third kappa shape index (κ3) is 10.6. The van der Waals surface area contributed by atoms with E-state index in [1.165, 1.54) is 24.3 Å². The molecule has 2 aliphatic rings. The number of halogens is 2. The van der Waals surface area contributed by atoms with Gasteiger partial charge in [-0.3, -0.25) is 0 Å². The summed E-state index contributed by atoms with van der Waals surface area (Å²) in [6.07, 6.45) is 2.84. The van der Waals surface area contributed by atoms with Crippen LogP contribution in [0.3, 0.4) is 0 Å². The first-order chi connectivity index (χ1) is 25.7. The van der Waals surface area contributed by atoms with Crippen LogP contribution in [0.4, 0.5) is 8.78 Å². The largest absolute Gasteiger partial charge is 0.496 e. The molecule has 0 spiro atoms. The lowest BCUT2D eigenvalue weighted by Crippen LogP contribution is -2.39. The monoisotopic (exact) mass is 748 g/mol. The van der Waals surface area contributed by atoms with Crippen LogP contribution in [0.1, 0.15) is 60.1 Å². The van der Waals surface area contributed by atoms with Gasteiger partial charge in [0.15, 0.2) is 0 Å². The van der Waals surface area contributed by atoms with Crippen LogP contribution in [0.5, 0.6) is 11.5 Å². The molecule has 0 saturated carbocycles. The van der Waals surface area contributed by atoms with Gasteiger partial charge in [-0.25, -0.2) is 17.1 Å². The average Bonchev–Trinajstić information content (AvgIpc) is 3.19. The third-order valence-electron chi connectivity index (χ3n) is 10.7. The molecule has 11 heteroatoms. The summed E-state index contributed by atoms with van der Waals surface area (Å²) in [5, 5.41) is 0. The van der Waals surface area contributed by atoms with E-state index in [2.05, 4.69) is 9.80 Å². The fourth-order valence-corrected chi connectivity index (χ4v) is 8.76. The number of nitrogens with zero attached hydrogens (tertiary/aromatic N) is 2. The van der Waals surface area contributed by atoms with Crippen molar-refractivity contribution in [2.75, 3.05) is 53.5 Å². The molecule has 0 aromatic heterocycles. The fourth-order valence-electron chi connectivity index (χ4n) is 7.68. The summed E-state index contributed by atoms with van der Waals surface area (Å²) in [4.78, 5) is 4.71. The molecule has 4 aromatic rings. The maximum Gasteiger partial charge on any atom is 0.401 e. The molecular formula is C42H50F2N2O6S. The Labute approximate surface area is 313 Å². The van der Waals surface area contributed by atoms with E-state index in [0.29, 0.717) is 48.3 Å². The number of piperidine rings is 2. The standard InChI is InChI=1S/C42H50F2N2O6S/c1-49-39-9-5-3-7-37(39)41(33-21-27-45(28-22-33)25-19-31-11-15-35(43)16-12-31)51-53(47,48)52-42(38-8-4-6-10-40(38)50-2)34-23-29-46(30-24-34)26-20-32-13-17-36(44)18-14-32/h3-18,33-34,41-42H,19-30H2,1-2H3. The Morgan fingerprint density at radius 3 is 1.30 bits per heavy atom. The number of hydrogen-bond donors (Lipinski definition) is 0. The minimum atomic E-state index is -4.55. The molecule has 0 bridgehead atoms. The van der Waals surface area contributed by atoms with E-state index in [4.69, 9.17) is 17.8 Å². The van der Waals surface area contributed by atoms with Gasteiger partial charge in [-0.2, -0.15) is 8.42 Å². The van der Waals surface area contributed by atoms with Gasteiger partial charge < -0.3 is 19.3 Å². The summed E-state index contributed by atoms with van der Waals surface area (Å²) < 4.78 is 78.8. The first-order valence-electron chi connectivity index (χ1n) is 18.5. The van der Waals surface area contributed by atoms with Gasteiger partial charge in [-0.05, 0) is 124 Å². The molecule has 8 nitrogen and oxygen atoms in total. The van der Waals surface area contributed by atoms with Crippen LogP contribution in [-0.4, -0.2) is 71.7 Å². The van der Waals surface area contributed by atoms with Gasteiger partial charge >= 0.3 is 10.4 Å². The maximum atomic E-state index is 14.2. The number of rotatable bonds is 16. The lowest BCUT2D eigenvalue weighted by Gasteiger charge is -2.37. The lowest BCUT2D eigenvalue weighted by molar-refractivity contribution is 0.0323. The van der Waals surface area contributed by atoms with Crippen LogP contribution in [0.25, 0.3) is 0 Å². The van der Waals surface area contributed by atoms with Crippen LogP contribution >= 0.6 is 0 Å². The molecule has 2 unspecified atom stereocenters. The second-order valence-electron chi connectivity index (χ2n) is 14.0. The molecule has 53 heavy (non-hydrogen) atoms. The van der Waals surface area contributed by atoms with Crippen molar-refractivity contribution in [3.8, 4) is 11.5 Å². The van der Waals surface area contributed by atoms with E-state index < -0.39 is 22.6 Å². The van der Waals surface area contributed by atoms with E-state index >= 15 is 0 Å². The molecule has 2 atom stereocenters. The average molecular weight is 749 g/mol. The molecule has 2 saturated heterocycles. The molecule has 2 fully saturated rings. The van der Waals surface area contributed by atoms with E-state index in [9.17, 15) is 17.2 Å². The van der Waals surface area contributed by atoms with E-state index in [1.807, 2.05) is 72.8 Å². The normalized spacial score (nSPS) is 17.7. The van der Waals surface area contributed by atoms with E-state index in [-0.39, 0.29) is 23.5 Å². The van der Waals surface area contributed by atoms with E-state index in [0.717, 1.165) is 63.2 Å². The summed E-state index contributed by atoms with van der Waals surface area (Å²) >= 11 is 0. The lowest BCUT2D eigenvalue weighted by atomic mass is 9.87. The maximum absolute atomic E-state index is 14.2. The van der Waals surface area contributed by atoms with Gasteiger partial charge in [0.05, 0.1) is 14.2 Å². The number of hydrogen-bond acceptors (Lipinski definition) is 8. The number of ether oxygens (including phenoxy) is 2. The van der Waals surface area contributed by atoms with Crippen molar-refractivity contribution in [2.24, 2.45) is 11.8 Å². The molecule has 2 heterocycles. The summed E-state index contributed by atoms with van der Waals surface area (Å²) in [6.45, 7) is 4.73. The highest BCUT2D eigenvalue weighted by Crippen LogP contribution is 2.43. The smallest absolute Gasteiger partial charge is 0.401 e. The quantitative estimate of drug-likeness (QED) is 0.114. The molecular weight excluding hydrogens is 699 g/mol. The number of benzene rings is 4. The third-order valence-corrected chi connectivity index (χ3v) is 11.6. The van der Waals surface area contributed by atoms with Crippen molar-refractivity contribution in [3.63, 3.8) is 0 Å². The number of para-hydroxylation sites is 2. The summed E-state index contributed by atoms with van der Waals surface area (Å²) in [5.41, 5.74) is 3.48. The van der Waals surface area contributed by atoms with Crippen LogP contribution < -0.4 is 9.47 Å².